The molecule has 0 amide bonds. The molecule has 0 saturated carbocycles. The first-order valence-electron chi connectivity index (χ1n) is 5.12. The Kier molecular flexibility index (Phi) is 6.29. The van der Waals surface area contributed by atoms with E-state index in [4.69, 9.17) is 0 Å². The quantitative estimate of drug-likeness (QED) is 0.583. The summed E-state index contributed by atoms with van der Waals surface area (Å²) in [6.07, 6.45) is -0.115. The predicted molar refractivity (Wildman–Crippen MR) is 52.4 cm³/mol. The van der Waals surface area contributed by atoms with Gasteiger partial charge in [-0.15, -0.1) is 0 Å². The Balaban J connectivity index is 4.34. The molecule has 0 radical (unpaired) electrons. The molecule has 0 aromatic rings. The van der Waals surface area contributed by atoms with Crippen molar-refractivity contribution in [2.45, 2.75) is 58.3 Å². The van der Waals surface area contributed by atoms with E-state index in [0.717, 1.165) is 0 Å². The molecule has 3 N–H and O–H groups in total. The highest BCUT2D eigenvalue weighted by Crippen LogP contribution is 2.21. The summed E-state index contributed by atoms with van der Waals surface area (Å²) in [7, 11) is 0. The lowest BCUT2D eigenvalue weighted by molar-refractivity contribution is -0.0598. The summed E-state index contributed by atoms with van der Waals surface area (Å²) < 4.78 is 0. The molecule has 0 aliphatic rings. The molecule has 3 heteroatoms. The van der Waals surface area contributed by atoms with Gasteiger partial charge in [-0.2, -0.15) is 0 Å². The minimum Gasteiger partial charge on any atom is -0.393 e. The van der Waals surface area contributed by atoms with Crippen molar-refractivity contribution in [1.82, 2.24) is 0 Å². The van der Waals surface area contributed by atoms with Crippen LogP contribution in [0.5, 0.6) is 0 Å². The molecule has 13 heavy (non-hydrogen) atoms. The lowest BCUT2D eigenvalue weighted by atomic mass is 9.86. The van der Waals surface area contributed by atoms with Gasteiger partial charge in [-0.25, -0.2) is 0 Å². The van der Waals surface area contributed by atoms with Crippen molar-refractivity contribution < 1.29 is 15.3 Å². The average molecular weight is 190 g/mol. The average Bonchev–Trinajstić information content (AvgIpc) is 2.16. The second-order valence-electron chi connectivity index (χ2n) is 3.50. The zero-order valence-electron chi connectivity index (χ0n) is 8.77. The number of hydrogen-bond acceptors (Lipinski definition) is 3. The summed E-state index contributed by atoms with van der Waals surface area (Å²) >= 11 is 0. The minimum atomic E-state index is -0.607. The van der Waals surface area contributed by atoms with Crippen LogP contribution in [0.1, 0.15) is 40.0 Å². The van der Waals surface area contributed by atoms with E-state index in [2.05, 4.69) is 0 Å². The van der Waals surface area contributed by atoms with E-state index in [1.807, 2.05) is 20.8 Å². The van der Waals surface area contributed by atoms with Crippen molar-refractivity contribution in [1.29, 1.82) is 0 Å². The zero-order chi connectivity index (χ0) is 10.4. The summed E-state index contributed by atoms with van der Waals surface area (Å²) in [6.45, 7) is 5.55. The monoisotopic (exact) mass is 190 g/mol. The Morgan fingerprint density at radius 2 is 0.923 bits per heavy atom. The van der Waals surface area contributed by atoms with E-state index in [1.165, 1.54) is 0 Å². The van der Waals surface area contributed by atoms with Crippen molar-refractivity contribution in [3.63, 3.8) is 0 Å². The van der Waals surface area contributed by atoms with Gasteiger partial charge in [0.2, 0.25) is 0 Å². The lowest BCUT2D eigenvalue weighted by Crippen LogP contribution is -2.40. The maximum Gasteiger partial charge on any atom is 0.0615 e. The molecule has 0 aromatic heterocycles. The first kappa shape index (κ1) is 12.9. The Morgan fingerprint density at radius 1 is 0.692 bits per heavy atom. The highest BCUT2D eigenvalue weighted by molar-refractivity contribution is 4.80. The number of aliphatic hydroxyl groups excluding tert-OH is 3. The van der Waals surface area contributed by atoms with Crippen LogP contribution in [0.4, 0.5) is 0 Å². The Labute approximate surface area is 80.4 Å². The van der Waals surface area contributed by atoms with Crippen LogP contribution in [0.25, 0.3) is 0 Å². The SMILES string of the molecule is CC[C@H](O)C([C@@H](O)CC)[C@@H](O)CC. The fraction of sp³-hybridized carbons (Fsp3) is 1.00. The van der Waals surface area contributed by atoms with Crippen LogP contribution in [-0.2, 0) is 0 Å². The molecule has 0 rings (SSSR count). The van der Waals surface area contributed by atoms with Crippen LogP contribution in [0.2, 0.25) is 0 Å². The highest BCUT2D eigenvalue weighted by Gasteiger charge is 2.30. The summed E-state index contributed by atoms with van der Waals surface area (Å²) in [5.41, 5.74) is 0. The van der Waals surface area contributed by atoms with Crippen molar-refractivity contribution in [3.8, 4) is 0 Å². The van der Waals surface area contributed by atoms with E-state index in [0.29, 0.717) is 19.3 Å². The largest absolute Gasteiger partial charge is 0.393 e. The summed E-state index contributed by atoms with van der Waals surface area (Å²) in [4.78, 5) is 0. The van der Waals surface area contributed by atoms with Gasteiger partial charge in [0, 0.05) is 5.92 Å². The van der Waals surface area contributed by atoms with Crippen LogP contribution in [0.3, 0.4) is 0 Å². The van der Waals surface area contributed by atoms with E-state index in [9.17, 15) is 15.3 Å². The van der Waals surface area contributed by atoms with Gasteiger partial charge in [-0.3, -0.25) is 0 Å². The van der Waals surface area contributed by atoms with Gasteiger partial charge >= 0.3 is 0 Å². The molecule has 0 unspecified atom stereocenters. The second-order valence-corrected chi connectivity index (χ2v) is 3.50. The molecule has 80 valence electrons. The van der Waals surface area contributed by atoms with Crippen molar-refractivity contribution >= 4 is 0 Å². The fourth-order valence-corrected chi connectivity index (χ4v) is 1.59. The topological polar surface area (TPSA) is 60.7 Å². The van der Waals surface area contributed by atoms with Crippen molar-refractivity contribution in [2.75, 3.05) is 0 Å². The molecular weight excluding hydrogens is 168 g/mol. The van der Waals surface area contributed by atoms with Crippen LogP contribution in [0, 0.1) is 5.92 Å². The molecule has 0 saturated heterocycles. The maximum atomic E-state index is 9.60. The van der Waals surface area contributed by atoms with Gasteiger partial charge in [-0.1, -0.05) is 20.8 Å². The molecule has 0 fully saturated rings. The number of hydrogen-bond donors (Lipinski definition) is 3. The Hall–Kier alpha value is -0.120. The number of rotatable bonds is 6. The minimum absolute atomic E-state index is 0.403. The van der Waals surface area contributed by atoms with Crippen molar-refractivity contribution in [3.05, 3.63) is 0 Å². The van der Waals surface area contributed by atoms with Crippen molar-refractivity contribution in [2.24, 2.45) is 5.92 Å². The third-order valence-electron chi connectivity index (χ3n) is 2.59. The molecule has 3 atom stereocenters. The Morgan fingerprint density at radius 3 is 1.08 bits per heavy atom. The van der Waals surface area contributed by atoms with Gasteiger partial charge in [0.05, 0.1) is 18.3 Å². The maximum absolute atomic E-state index is 9.60. The van der Waals surface area contributed by atoms with E-state index in [-0.39, 0.29) is 0 Å². The number of aliphatic hydroxyl groups is 3. The molecular formula is C10H22O3. The van der Waals surface area contributed by atoms with Crippen LogP contribution >= 0.6 is 0 Å². The lowest BCUT2D eigenvalue weighted by Gasteiger charge is -2.30. The predicted octanol–water partition coefficient (Wildman–Crippen LogP) is 0.915. The van der Waals surface area contributed by atoms with Gasteiger partial charge in [0.15, 0.2) is 0 Å². The third-order valence-corrected chi connectivity index (χ3v) is 2.59. The molecule has 0 bridgehead atoms. The van der Waals surface area contributed by atoms with Gasteiger partial charge in [-0.05, 0) is 19.3 Å². The summed E-state index contributed by atoms with van der Waals surface area (Å²) in [5.74, 6) is -0.403. The molecule has 0 spiro atoms. The zero-order valence-corrected chi connectivity index (χ0v) is 8.77. The van der Waals surface area contributed by atoms with Gasteiger partial charge in [0.1, 0.15) is 0 Å². The summed E-state index contributed by atoms with van der Waals surface area (Å²) in [5, 5.41) is 28.8. The normalized spacial score (nSPS) is 18.7. The van der Waals surface area contributed by atoms with Gasteiger partial charge in [0.25, 0.3) is 0 Å². The molecule has 0 heterocycles. The Bertz CT molecular complexity index is 104. The first-order chi connectivity index (χ1) is 6.08. The van der Waals surface area contributed by atoms with E-state index in [1.54, 1.807) is 0 Å². The fourth-order valence-electron chi connectivity index (χ4n) is 1.59. The highest BCUT2D eigenvalue weighted by atomic mass is 16.3. The van der Waals surface area contributed by atoms with Crippen LogP contribution in [0.15, 0.2) is 0 Å². The van der Waals surface area contributed by atoms with E-state index < -0.39 is 24.2 Å². The second kappa shape index (κ2) is 6.35. The first-order valence-corrected chi connectivity index (χ1v) is 5.12. The van der Waals surface area contributed by atoms with E-state index >= 15 is 0 Å². The molecule has 0 aliphatic heterocycles. The third kappa shape index (κ3) is 3.63. The standard InChI is InChI=1S/C10H22O3/c1-4-7(11)10(8(12)5-2)9(13)6-3/h7-13H,4-6H2,1-3H3/t7-,8-,9-/m0/s1. The molecule has 0 aliphatic carbocycles. The molecule has 3 nitrogen and oxygen atoms in total. The van der Waals surface area contributed by atoms with Crippen LogP contribution < -0.4 is 0 Å². The summed E-state index contributed by atoms with van der Waals surface area (Å²) in [6, 6.07) is 0. The van der Waals surface area contributed by atoms with Gasteiger partial charge < -0.3 is 15.3 Å². The smallest absolute Gasteiger partial charge is 0.0615 e. The van der Waals surface area contributed by atoms with Crippen LogP contribution in [-0.4, -0.2) is 33.6 Å². The molecule has 0 aromatic carbocycles.